The van der Waals surface area contributed by atoms with Crippen LogP contribution in [-0.2, 0) is 6.42 Å². The van der Waals surface area contributed by atoms with Gasteiger partial charge < -0.3 is 15.5 Å². The second-order valence-electron chi connectivity index (χ2n) is 6.02. The van der Waals surface area contributed by atoms with Crippen molar-refractivity contribution in [1.29, 1.82) is 0 Å². The van der Waals surface area contributed by atoms with Gasteiger partial charge in [-0.05, 0) is 38.1 Å². The summed E-state index contributed by atoms with van der Waals surface area (Å²) in [5, 5.41) is 3.08. The Morgan fingerprint density at radius 2 is 1.65 bits per heavy atom. The average molecular weight is 462 g/mol. The minimum atomic E-state index is 0. The molecule has 2 aromatic carbocycles. The van der Waals surface area contributed by atoms with Crippen LogP contribution in [0.1, 0.15) is 16.8 Å². The number of aromatic nitrogens is 1. The first kappa shape index (κ1) is 20.0. The van der Waals surface area contributed by atoms with Gasteiger partial charge in [-0.1, -0.05) is 35.4 Å². The zero-order chi connectivity index (χ0) is 17.6. The number of hydrogen-bond acceptors (Lipinski definition) is 3. The van der Waals surface area contributed by atoms with Crippen molar-refractivity contribution < 1.29 is 4.42 Å². The van der Waals surface area contributed by atoms with E-state index < -0.39 is 0 Å². The number of aryl methyl sites for hydroxylation is 2. The van der Waals surface area contributed by atoms with Gasteiger partial charge in [0.25, 0.3) is 0 Å². The molecule has 1 aromatic heterocycles. The number of oxazole rings is 1. The molecule has 0 amide bonds. The van der Waals surface area contributed by atoms with Gasteiger partial charge in [0.2, 0.25) is 5.89 Å². The van der Waals surface area contributed by atoms with Crippen molar-refractivity contribution in [2.75, 3.05) is 11.9 Å². The average Bonchev–Trinajstić information content (AvgIpc) is 3.06. The molecule has 0 saturated heterocycles. The molecule has 0 radical (unpaired) electrons. The van der Waals surface area contributed by atoms with Gasteiger partial charge in [0, 0.05) is 24.2 Å². The lowest BCUT2D eigenvalue weighted by atomic mass is 10.1. The third kappa shape index (κ3) is 5.59. The number of hydrogen-bond donors (Lipinski definition) is 2. The molecule has 0 atom stereocenters. The molecule has 5 nitrogen and oxygen atoms in total. The minimum absolute atomic E-state index is 0. The fourth-order valence-corrected chi connectivity index (χ4v) is 2.37. The molecule has 0 fully saturated rings. The summed E-state index contributed by atoms with van der Waals surface area (Å²) in [5.41, 5.74) is 11.1. The number of halogens is 1. The van der Waals surface area contributed by atoms with Crippen molar-refractivity contribution in [2.45, 2.75) is 20.3 Å². The largest absolute Gasteiger partial charge is 0.444 e. The smallest absolute Gasteiger partial charge is 0.226 e. The first-order chi connectivity index (χ1) is 12.1. The molecule has 0 aliphatic heterocycles. The molecule has 26 heavy (non-hydrogen) atoms. The molecule has 0 bridgehead atoms. The summed E-state index contributed by atoms with van der Waals surface area (Å²) in [6.07, 6.45) is 2.35. The third-order valence-corrected chi connectivity index (χ3v) is 3.82. The van der Waals surface area contributed by atoms with E-state index in [4.69, 9.17) is 10.2 Å². The van der Waals surface area contributed by atoms with Crippen LogP contribution in [0.3, 0.4) is 0 Å². The van der Waals surface area contributed by atoms with E-state index in [2.05, 4.69) is 22.2 Å². The molecule has 0 saturated carbocycles. The maximum Gasteiger partial charge on any atom is 0.226 e. The summed E-state index contributed by atoms with van der Waals surface area (Å²) >= 11 is 0. The van der Waals surface area contributed by atoms with E-state index in [0.29, 0.717) is 24.8 Å². The van der Waals surface area contributed by atoms with Crippen LogP contribution in [-0.4, -0.2) is 17.5 Å². The summed E-state index contributed by atoms with van der Waals surface area (Å²) < 4.78 is 5.55. The maximum atomic E-state index is 5.91. The Labute approximate surface area is 170 Å². The number of rotatable bonds is 5. The Hall–Kier alpha value is -2.35. The number of nitrogens with zero attached hydrogens (tertiary/aromatic N) is 2. The molecule has 3 aromatic rings. The quantitative estimate of drug-likeness (QED) is 0.332. The molecule has 0 aliphatic carbocycles. The summed E-state index contributed by atoms with van der Waals surface area (Å²) in [7, 11) is 0. The Balaban J connectivity index is 0.00000243. The zero-order valence-corrected chi connectivity index (χ0v) is 17.2. The lowest BCUT2D eigenvalue weighted by Crippen LogP contribution is -2.23. The highest BCUT2D eigenvalue weighted by Gasteiger charge is 2.06. The van der Waals surface area contributed by atoms with Crippen LogP contribution in [0.4, 0.5) is 5.69 Å². The number of nitrogens with two attached hydrogens (primary N) is 1. The fraction of sp³-hybridized carbons (Fsp3) is 0.200. The van der Waals surface area contributed by atoms with Crippen LogP contribution in [0.5, 0.6) is 0 Å². The van der Waals surface area contributed by atoms with Crippen LogP contribution >= 0.6 is 24.0 Å². The number of aliphatic imine (C=N–C) groups is 1. The third-order valence-electron chi connectivity index (χ3n) is 3.82. The van der Waals surface area contributed by atoms with Gasteiger partial charge in [0.15, 0.2) is 5.96 Å². The van der Waals surface area contributed by atoms with Crippen molar-refractivity contribution >= 4 is 35.6 Å². The van der Waals surface area contributed by atoms with Crippen molar-refractivity contribution in [3.8, 4) is 11.5 Å². The molecule has 0 aliphatic rings. The van der Waals surface area contributed by atoms with Crippen molar-refractivity contribution in [3.05, 3.63) is 71.6 Å². The predicted octanol–water partition coefficient (Wildman–Crippen LogP) is 4.55. The SMILES string of the molecule is Cc1ccc(NC(N)=NCCc2coc(-c3ccc(C)cc3)n2)cc1.I. The summed E-state index contributed by atoms with van der Waals surface area (Å²) in [4.78, 5) is 8.84. The molecule has 0 spiro atoms. The standard InChI is InChI=1S/C20H22N4O.HI/c1-14-3-7-16(8-4-14)19-23-18(13-25-19)11-12-22-20(21)24-17-9-5-15(2)6-10-17;/h3-10,13H,11-12H2,1-2H3,(H3,21,22,24);1H. The van der Waals surface area contributed by atoms with Gasteiger partial charge >= 0.3 is 0 Å². The van der Waals surface area contributed by atoms with E-state index in [1.54, 1.807) is 6.26 Å². The Morgan fingerprint density at radius 1 is 1.04 bits per heavy atom. The number of benzene rings is 2. The molecule has 136 valence electrons. The monoisotopic (exact) mass is 462 g/mol. The van der Waals surface area contributed by atoms with Crippen LogP contribution in [0.25, 0.3) is 11.5 Å². The van der Waals surface area contributed by atoms with Crippen LogP contribution in [0.2, 0.25) is 0 Å². The number of nitrogens with one attached hydrogen (secondary N) is 1. The van der Waals surface area contributed by atoms with Gasteiger partial charge in [-0.25, -0.2) is 4.98 Å². The molecule has 3 N–H and O–H groups in total. The topological polar surface area (TPSA) is 76.4 Å². The Bertz CT molecular complexity index is 854. The first-order valence-electron chi connectivity index (χ1n) is 8.25. The highest BCUT2D eigenvalue weighted by atomic mass is 127. The normalized spacial score (nSPS) is 11.1. The van der Waals surface area contributed by atoms with E-state index in [1.807, 2.05) is 55.5 Å². The number of anilines is 1. The highest BCUT2D eigenvalue weighted by molar-refractivity contribution is 14.0. The van der Waals surface area contributed by atoms with E-state index >= 15 is 0 Å². The van der Waals surface area contributed by atoms with E-state index in [1.165, 1.54) is 11.1 Å². The Morgan fingerprint density at radius 3 is 2.31 bits per heavy atom. The van der Waals surface area contributed by atoms with Crippen LogP contribution < -0.4 is 11.1 Å². The first-order valence-corrected chi connectivity index (χ1v) is 8.25. The van der Waals surface area contributed by atoms with Gasteiger partial charge in [0.05, 0.1) is 5.69 Å². The van der Waals surface area contributed by atoms with E-state index in [9.17, 15) is 0 Å². The van der Waals surface area contributed by atoms with Crippen molar-refractivity contribution in [1.82, 2.24) is 4.98 Å². The molecular formula is C20H23IN4O. The summed E-state index contributed by atoms with van der Waals surface area (Å²) in [5.74, 6) is 1.02. The van der Waals surface area contributed by atoms with Crippen molar-refractivity contribution in [3.63, 3.8) is 0 Å². The second-order valence-corrected chi connectivity index (χ2v) is 6.02. The van der Waals surface area contributed by atoms with Gasteiger partial charge in [-0.3, -0.25) is 4.99 Å². The summed E-state index contributed by atoms with van der Waals surface area (Å²) in [6, 6.07) is 16.1. The molecule has 3 rings (SSSR count). The van der Waals surface area contributed by atoms with Gasteiger partial charge in [-0.2, -0.15) is 0 Å². The number of guanidine groups is 1. The minimum Gasteiger partial charge on any atom is -0.444 e. The fourth-order valence-electron chi connectivity index (χ4n) is 2.37. The second kappa shape index (κ2) is 9.38. The highest BCUT2D eigenvalue weighted by Crippen LogP contribution is 2.19. The molecule has 6 heteroatoms. The lowest BCUT2D eigenvalue weighted by molar-refractivity contribution is 0.572. The Kier molecular flexibility index (Phi) is 7.20. The zero-order valence-electron chi connectivity index (χ0n) is 14.9. The molecule has 1 heterocycles. The van der Waals surface area contributed by atoms with E-state index in [0.717, 1.165) is 16.9 Å². The van der Waals surface area contributed by atoms with Gasteiger partial charge in [0.1, 0.15) is 6.26 Å². The predicted molar refractivity (Wildman–Crippen MR) is 117 cm³/mol. The molecular weight excluding hydrogens is 439 g/mol. The van der Waals surface area contributed by atoms with Crippen molar-refractivity contribution in [2.24, 2.45) is 10.7 Å². The van der Waals surface area contributed by atoms with E-state index in [-0.39, 0.29) is 24.0 Å². The van der Waals surface area contributed by atoms with Gasteiger partial charge in [-0.15, -0.1) is 24.0 Å². The molecule has 0 unspecified atom stereocenters. The van der Waals surface area contributed by atoms with Crippen LogP contribution in [0, 0.1) is 13.8 Å². The lowest BCUT2D eigenvalue weighted by Gasteiger charge is -2.05. The summed E-state index contributed by atoms with van der Waals surface area (Å²) in [6.45, 7) is 4.65. The maximum absolute atomic E-state index is 5.91. The van der Waals surface area contributed by atoms with Crippen LogP contribution in [0.15, 0.2) is 64.2 Å².